The summed E-state index contributed by atoms with van der Waals surface area (Å²) in [6, 6.07) is 0. The van der Waals surface area contributed by atoms with Crippen LogP contribution in [0, 0.1) is 23.7 Å². The van der Waals surface area contributed by atoms with Crippen molar-refractivity contribution in [3.05, 3.63) is 59.3 Å². The molecule has 2 bridgehead atoms. The van der Waals surface area contributed by atoms with Gasteiger partial charge < -0.3 is 57.7 Å². The number of rotatable bonds is 7. The molecule has 0 aromatic rings. The van der Waals surface area contributed by atoms with Gasteiger partial charge in [-0.25, -0.2) is 0 Å². The average molecular weight is 870 g/mol. The molecule has 0 amide bonds. The van der Waals surface area contributed by atoms with E-state index in [0.717, 1.165) is 5.57 Å². The first-order chi connectivity index (χ1) is 29.5. The first-order valence-electron chi connectivity index (χ1n) is 22.3. The van der Waals surface area contributed by atoms with E-state index < -0.39 is 90.8 Å². The molecule has 4 fully saturated rings. The highest BCUT2D eigenvalue weighted by Gasteiger charge is 2.60. The highest BCUT2D eigenvalue weighted by Crippen LogP contribution is 2.46. The van der Waals surface area contributed by atoms with Gasteiger partial charge in [0.15, 0.2) is 24.2 Å². The van der Waals surface area contributed by atoms with Crippen molar-refractivity contribution in [1.29, 1.82) is 0 Å². The van der Waals surface area contributed by atoms with Crippen molar-refractivity contribution in [1.82, 2.24) is 0 Å². The van der Waals surface area contributed by atoms with Crippen molar-refractivity contribution in [2.24, 2.45) is 28.8 Å². The molecule has 15 nitrogen and oxygen atoms in total. The third kappa shape index (κ3) is 9.35. The normalized spacial score (nSPS) is 47.0. The number of esters is 1. The van der Waals surface area contributed by atoms with Gasteiger partial charge in [0.05, 0.1) is 37.1 Å². The van der Waals surface area contributed by atoms with Gasteiger partial charge in [-0.05, 0) is 62.8 Å². The molecule has 0 aromatic heterocycles. The van der Waals surface area contributed by atoms with Gasteiger partial charge in [-0.3, -0.25) is 9.59 Å². The summed E-state index contributed by atoms with van der Waals surface area (Å²) in [5, 5.41) is 26.1. The number of hydrogen-bond donors (Lipinski definition) is 2. The molecule has 1 spiro atoms. The van der Waals surface area contributed by atoms with Crippen LogP contribution in [0.1, 0.15) is 87.5 Å². The molecule has 0 radical (unpaired) electrons. The van der Waals surface area contributed by atoms with Gasteiger partial charge in [0.25, 0.3) is 0 Å². The Morgan fingerprint density at radius 3 is 2.39 bits per heavy atom. The fourth-order valence-corrected chi connectivity index (χ4v) is 10.3. The standard InChI is InChI=1S/C47H67NO14/c1-24(2)41-27(5)16-17-46(62-41)22-33-19-32(61-46)15-14-26(4)42(59-38-21-36(54-10)43(30(8)57-38)60-37-20-35(53-9)40(49)29(7)56-37)25(3)12-11-13-31-23-55-44-39(48-52)28(6)18-34(45(50)58-33)47(31,44)51/h11-14,16-18,24-25,27,29-30,32-38,41-44,51-52H,15,19-23H2,1-10H3/b12-11+,26-14+,31-13+,48-39+. The topological polar surface area (TPSA) is 179 Å². The number of nitrogens with zero attached hydrogens (tertiary/aromatic N) is 1. The average Bonchev–Trinajstić information content (AvgIpc) is 3.56. The molecule has 2 N–H and O–H groups in total. The monoisotopic (exact) mass is 869 g/mol. The summed E-state index contributed by atoms with van der Waals surface area (Å²) in [4.78, 5) is 26.9. The maximum absolute atomic E-state index is 14.4. The van der Waals surface area contributed by atoms with Gasteiger partial charge in [0.1, 0.15) is 47.8 Å². The first kappa shape index (κ1) is 46.9. The lowest BCUT2D eigenvalue weighted by Crippen LogP contribution is -2.57. The number of allylic oxidation sites excluding steroid dienone is 2. The number of Topliss-reactive ketones (excluding diaryl/α,β-unsaturated/α-hetero) is 1. The summed E-state index contributed by atoms with van der Waals surface area (Å²) >= 11 is 0. The maximum atomic E-state index is 14.4. The van der Waals surface area contributed by atoms with Gasteiger partial charge in [0.2, 0.25) is 0 Å². The Balaban J connectivity index is 1.19. The number of ketones is 1. The summed E-state index contributed by atoms with van der Waals surface area (Å²) in [5.41, 5.74) is 0.171. The molecule has 6 heterocycles. The van der Waals surface area contributed by atoms with E-state index in [1.54, 1.807) is 33.1 Å². The fraction of sp³-hybridized carbons (Fsp3) is 0.723. The second-order valence-electron chi connectivity index (χ2n) is 18.6. The predicted molar refractivity (Wildman–Crippen MR) is 225 cm³/mol. The lowest BCUT2D eigenvalue weighted by molar-refractivity contribution is -0.305. The number of carbonyl (C=O) groups is 2. The lowest BCUT2D eigenvalue weighted by Gasteiger charge is -2.48. The molecule has 344 valence electrons. The Morgan fingerprint density at radius 2 is 1.68 bits per heavy atom. The zero-order valence-corrected chi connectivity index (χ0v) is 37.8. The van der Waals surface area contributed by atoms with E-state index in [1.165, 1.54) is 7.11 Å². The Bertz CT molecular complexity index is 1840. The third-order valence-electron chi connectivity index (χ3n) is 13.7. The minimum Gasteiger partial charge on any atom is -0.462 e. The van der Waals surface area contributed by atoms with Crippen molar-refractivity contribution >= 4 is 17.5 Å². The van der Waals surface area contributed by atoms with Crippen molar-refractivity contribution in [3.8, 4) is 0 Å². The predicted octanol–water partition coefficient (Wildman–Crippen LogP) is 5.66. The number of hydrogen-bond acceptors (Lipinski definition) is 15. The van der Waals surface area contributed by atoms with Crippen LogP contribution in [0.3, 0.4) is 0 Å². The molecule has 17 unspecified atom stereocenters. The van der Waals surface area contributed by atoms with E-state index in [1.807, 2.05) is 39.0 Å². The van der Waals surface area contributed by atoms with E-state index in [9.17, 15) is 19.9 Å². The number of aliphatic hydroxyl groups is 1. The Labute approximate surface area is 365 Å². The minimum absolute atomic E-state index is 0.00121. The Kier molecular flexibility index (Phi) is 14.5. The van der Waals surface area contributed by atoms with Crippen LogP contribution in [0.2, 0.25) is 0 Å². The maximum Gasteiger partial charge on any atom is 0.316 e. The van der Waals surface area contributed by atoms with Crippen molar-refractivity contribution < 1.29 is 67.3 Å². The summed E-state index contributed by atoms with van der Waals surface area (Å²) in [7, 11) is 3.14. The van der Waals surface area contributed by atoms with E-state index in [4.69, 9.17) is 47.4 Å². The van der Waals surface area contributed by atoms with Crippen LogP contribution in [0.25, 0.3) is 0 Å². The molecule has 7 aliphatic rings. The molecular weight excluding hydrogens is 803 g/mol. The van der Waals surface area contributed by atoms with Gasteiger partial charge >= 0.3 is 5.97 Å². The van der Waals surface area contributed by atoms with Crippen LogP contribution >= 0.6 is 0 Å². The number of ether oxygens (including phenoxy) is 10. The second-order valence-corrected chi connectivity index (χ2v) is 18.6. The molecule has 1 aliphatic carbocycles. The van der Waals surface area contributed by atoms with Gasteiger partial charge in [-0.2, -0.15) is 0 Å². The van der Waals surface area contributed by atoms with Gasteiger partial charge in [-0.15, -0.1) is 0 Å². The van der Waals surface area contributed by atoms with Crippen LogP contribution in [-0.2, 0) is 57.0 Å². The molecule has 4 saturated heterocycles. The number of methoxy groups -OCH3 is 2. The SMILES string of the molecule is COC1CC(OC2C(C)OC(OC3/C(C)=C/CC4CC(CC5(C=CC(C)C(C(C)C)O5)O4)OC(=O)C4C=C(C)/C(=N\O)C5OC/C(=C\C=C\C3C)C45O)CC2OC)OC(C)C1=O. The van der Waals surface area contributed by atoms with E-state index in [2.05, 4.69) is 38.1 Å². The van der Waals surface area contributed by atoms with Crippen LogP contribution in [-0.4, -0.2) is 134 Å². The molecule has 17 atom stereocenters. The van der Waals surface area contributed by atoms with Crippen molar-refractivity contribution in [3.63, 3.8) is 0 Å². The quantitative estimate of drug-likeness (QED) is 0.139. The molecule has 62 heavy (non-hydrogen) atoms. The number of oxime groups is 1. The summed E-state index contributed by atoms with van der Waals surface area (Å²) < 4.78 is 63.2. The molecule has 0 saturated carbocycles. The molecular formula is C47H67NO14. The molecule has 0 aromatic carbocycles. The summed E-state index contributed by atoms with van der Waals surface area (Å²) in [6.07, 6.45) is 8.42. The van der Waals surface area contributed by atoms with Gasteiger partial charge in [-0.1, -0.05) is 69.3 Å². The van der Waals surface area contributed by atoms with Crippen LogP contribution in [0.5, 0.6) is 0 Å². The second kappa shape index (κ2) is 19.2. The van der Waals surface area contributed by atoms with Gasteiger partial charge in [0, 0.05) is 51.7 Å². The Hall–Kier alpha value is -3.09. The zero-order chi connectivity index (χ0) is 44.7. The summed E-state index contributed by atoms with van der Waals surface area (Å²) in [6.45, 7) is 15.8. The van der Waals surface area contributed by atoms with E-state index in [0.29, 0.717) is 30.4 Å². The Morgan fingerprint density at radius 1 is 0.919 bits per heavy atom. The van der Waals surface area contributed by atoms with E-state index >= 15 is 0 Å². The largest absolute Gasteiger partial charge is 0.462 e. The first-order valence-corrected chi connectivity index (χ1v) is 22.3. The molecule has 7 rings (SSSR count). The van der Waals surface area contributed by atoms with Crippen LogP contribution in [0.4, 0.5) is 0 Å². The smallest absolute Gasteiger partial charge is 0.316 e. The number of carbonyl (C=O) groups excluding carboxylic acids is 2. The highest BCUT2D eigenvalue weighted by molar-refractivity contribution is 6.07. The minimum atomic E-state index is -1.88. The van der Waals surface area contributed by atoms with Crippen LogP contribution in [0.15, 0.2) is 64.4 Å². The number of fused-ring (bicyclic) bond motifs is 2. The van der Waals surface area contributed by atoms with Crippen molar-refractivity contribution in [2.45, 2.75) is 173 Å². The van der Waals surface area contributed by atoms with E-state index in [-0.39, 0.29) is 54.8 Å². The fourth-order valence-electron chi connectivity index (χ4n) is 10.3. The van der Waals surface area contributed by atoms with Crippen molar-refractivity contribution in [2.75, 3.05) is 20.8 Å². The molecule has 6 aliphatic heterocycles. The molecule has 15 heteroatoms. The highest BCUT2D eigenvalue weighted by atomic mass is 16.7. The zero-order valence-electron chi connectivity index (χ0n) is 37.8. The lowest BCUT2D eigenvalue weighted by atomic mass is 9.71. The summed E-state index contributed by atoms with van der Waals surface area (Å²) in [5.74, 6) is -2.86. The van der Waals surface area contributed by atoms with Crippen LogP contribution < -0.4 is 0 Å². The third-order valence-corrected chi connectivity index (χ3v) is 13.7.